The third-order valence-electron chi connectivity index (χ3n) is 4.23. The SMILES string of the molecule is O=C(NNC(=O)c1cccc(S(=O)(=O)Nc2cccc(C(F)(F)F)c2)c1)c1cccc(F)c1. The molecule has 3 N–H and O–H groups in total. The molecule has 0 saturated heterocycles. The van der Waals surface area contributed by atoms with Crippen molar-refractivity contribution in [2.24, 2.45) is 0 Å². The van der Waals surface area contributed by atoms with Crippen LogP contribution >= 0.6 is 0 Å². The van der Waals surface area contributed by atoms with E-state index in [0.29, 0.717) is 6.07 Å². The Morgan fingerprint density at radius 1 is 0.758 bits per heavy atom. The van der Waals surface area contributed by atoms with Gasteiger partial charge in [-0.2, -0.15) is 13.2 Å². The van der Waals surface area contributed by atoms with Crippen molar-refractivity contribution in [3.05, 3.63) is 95.3 Å². The van der Waals surface area contributed by atoms with Crippen LogP contribution in [-0.4, -0.2) is 20.2 Å². The summed E-state index contributed by atoms with van der Waals surface area (Å²) in [6.45, 7) is 0. The minimum atomic E-state index is -4.66. The van der Waals surface area contributed by atoms with Crippen molar-refractivity contribution in [3.63, 3.8) is 0 Å². The molecule has 0 aliphatic rings. The number of amides is 2. The molecule has 2 amide bonds. The van der Waals surface area contributed by atoms with Crippen LogP contribution < -0.4 is 15.6 Å². The number of anilines is 1. The van der Waals surface area contributed by atoms with Crippen LogP contribution in [0.4, 0.5) is 23.2 Å². The molecule has 0 heterocycles. The van der Waals surface area contributed by atoms with Gasteiger partial charge in [0.05, 0.1) is 10.5 Å². The van der Waals surface area contributed by atoms with Gasteiger partial charge in [0.15, 0.2) is 0 Å². The molecular formula is C21H15F4N3O4S. The summed E-state index contributed by atoms with van der Waals surface area (Å²) in [5.41, 5.74) is 2.56. The summed E-state index contributed by atoms with van der Waals surface area (Å²) in [6.07, 6.45) is -4.66. The summed E-state index contributed by atoms with van der Waals surface area (Å²) < 4.78 is 79.0. The second-order valence-electron chi connectivity index (χ2n) is 6.63. The molecule has 0 spiro atoms. The molecule has 0 unspecified atom stereocenters. The van der Waals surface area contributed by atoms with Crippen LogP contribution in [0.2, 0.25) is 0 Å². The topological polar surface area (TPSA) is 104 Å². The number of alkyl halides is 3. The first kappa shape index (κ1) is 23.7. The molecule has 12 heteroatoms. The third-order valence-corrected chi connectivity index (χ3v) is 5.60. The molecule has 0 atom stereocenters. The molecule has 33 heavy (non-hydrogen) atoms. The number of sulfonamides is 1. The van der Waals surface area contributed by atoms with E-state index in [9.17, 15) is 35.6 Å². The highest BCUT2D eigenvalue weighted by Gasteiger charge is 2.30. The number of hydrogen-bond donors (Lipinski definition) is 3. The van der Waals surface area contributed by atoms with Crippen LogP contribution in [-0.2, 0) is 16.2 Å². The molecule has 3 aromatic rings. The van der Waals surface area contributed by atoms with Crippen molar-refractivity contribution in [1.82, 2.24) is 10.9 Å². The quantitative estimate of drug-likeness (QED) is 0.382. The molecule has 0 aliphatic heterocycles. The van der Waals surface area contributed by atoms with E-state index < -0.39 is 44.3 Å². The molecule has 0 aromatic heterocycles. The first-order valence-electron chi connectivity index (χ1n) is 9.12. The standard InChI is InChI=1S/C21H15F4N3O4S/c22-16-7-1-4-13(10-16)19(29)26-27-20(30)14-5-2-9-18(11-14)33(31,32)28-17-8-3-6-15(12-17)21(23,24)25/h1-12,28H,(H,26,29)(H,27,30). The molecule has 7 nitrogen and oxygen atoms in total. The minimum absolute atomic E-state index is 0.0584. The van der Waals surface area contributed by atoms with Gasteiger partial charge in [0.2, 0.25) is 0 Å². The molecule has 0 radical (unpaired) electrons. The normalized spacial score (nSPS) is 11.5. The fourth-order valence-electron chi connectivity index (χ4n) is 2.67. The smallest absolute Gasteiger partial charge is 0.280 e. The molecule has 0 saturated carbocycles. The molecule has 3 aromatic carbocycles. The number of hydrogen-bond acceptors (Lipinski definition) is 4. The van der Waals surface area contributed by atoms with Gasteiger partial charge in [0, 0.05) is 16.8 Å². The molecule has 0 aliphatic carbocycles. The number of halogens is 4. The lowest BCUT2D eigenvalue weighted by Gasteiger charge is -2.12. The third kappa shape index (κ3) is 6.07. The highest BCUT2D eigenvalue weighted by atomic mass is 32.2. The first-order valence-corrected chi connectivity index (χ1v) is 10.6. The van der Waals surface area contributed by atoms with Crippen molar-refractivity contribution in [3.8, 4) is 0 Å². The molecule has 172 valence electrons. The Hall–Kier alpha value is -3.93. The van der Waals surface area contributed by atoms with Crippen LogP contribution in [0.3, 0.4) is 0 Å². The van der Waals surface area contributed by atoms with Crippen molar-refractivity contribution >= 4 is 27.5 Å². The fourth-order valence-corrected chi connectivity index (χ4v) is 3.76. The van der Waals surface area contributed by atoms with Crippen LogP contribution in [0.15, 0.2) is 77.7 Å². The average molecular weight is 481 g/mol. The maximum atomic E-state index is 13.2. The van der Waals surface area contributed by atoms with Gasteiger partial charge >= 0.3 is 6.18 Å². The maximum Gasteiger partial charge on any atom is 0.416 e. The summed E-state index contributed by atoms with van der Waals surface area (Å²) in [5.74, 6) is -2.34. The summed E-state index contributed by atoms with van der Waals surface area (Å²) >= 11 is 0. The van der Waals surface area contributed by atoms with Crippen molar-refractivity contribution in [2.75, 3.05) is 4.72 Å². The van der Waals surface area contributed by atoms with Gasteiger partial charge in [-0.05, 0) is 54.6 Å². The lowest BCUT2D eigenvalue weighted by Crippen LogP contribution is -2.41. The Labute approximate surface area is 185 Å². The van der Waals surface area contributed by atoms with Gasteiger partial charge < -0.3 is 0 Å². The van der Waals surface area contributed by atoms with Crippen molar-refractivity contribution < 1.29 is 35.6 Å². The monoisotopic (exact) mass is 481 g/mol. The highest BCUT2D eigenvalue weighted by molar-refractivity contribution is 7.92. The van der Waals surface area contributed by atoms with E-state index in [1.165, 1.54) is 24.3 Å². The summed E-state index contributed by atoms with van der Waals surface area (Å²) in [5, 5.41) is 0. The zero-order valence-electron chi connectivity index (χ0n) is 16.5. The molecular weight excluding hydrogens is 466 g/mol. The summed E-state index contributed by atoms with van der Waals surface area (Å²) in [4.78, 5) is 23.9. The lowest BCUT2D eigenvalue weighted by molar-refractivity contribution is -0.137. The van der Waals surface area contributed by atoms with E-state index in [1.54, 1.807) is 0 Å². The van der Waals surface area contributed by atoms with E-state index in [2.05, 4.69) is 10.9 Å². The first-order chi connectivity index (χ1) is 15.5. The maximum absolute atomic E-state index is 13.2. The Kier molecular flexibility index (Phi) is 6.68. The predicted molar refractivity (Wildman–Crippen MR) is 110 cm³/mol. The van der Waals surface area contributed by atoms with E-state index in [0.717, 1.165) is 42.5 Å². The number of carbonyl (C=O) groups excluding carboxylic acids is 2. The molecule has 0 fully saturated rings. The van der Waals surface area contributed by atoms with E-state index in [4.69, 9.17) is 0 Å². The fraction of sp³-hybridized carbons (Fsp3) is 0.0476. The zero-order chi connectivity index (χ0) is 24.2. The minimum Gasteiger partial charge on any atom is -0.280 e. The Morgan fingerprint density at radius 2 is 1.33 bits per heavy atom. The van der Waals surface area contributed by atoms with Crippen LogP contribution in [0.1, 0.15) is 26.3 Å². The molecule has 0 bridgehead atoms. The van der Waals surface area contributed by atoms with Crippen LogP contribution in [0.25, 0.3) is 0 Å². The van der Waals surface area contributed by atoms with Gasteiger partial charge in [-0.1, -0.05) is 18.2 Å². The summed E-state index contributed by atoms with van der Waals surface area (Å²) in [6, 6.07) is 12.9. The van der Waals surface area contributed by atoms with Crippen LogP contribution in [0, 0.1) is 5.82 Å². The van der Waals surface area contributed by atoms with Gasteiger partial charge in [0.25, 0.3) is 21.8 Å². The number of benzene rings is 3. The average Bonchev–Trinajstić information content (AvgIpc) is 2.76. The second kappa shape index (κ2) is 9.28. The summed E-state index contributed by atoms with van der Waals surface area (Å²) in [7, 11) is -4.34. The van der Waals surface area contributed by atoms with E-state index in [1.807, 2.05) is 4.72 Å². The van der Waals surface area contributed by atoms with Gasteiger partial charge in [-0.25, -0.2) is 12.8 Å². The number of rotatable bonds is 5. The van der Waals surface area contributed by atoms with Crippen LogP contribution in [0.5, 0.6) is 0 Å². The second-order valence-corrected chi connectivity index (χ2v) is 8.31. The van der Waals surface area contributed by atoms with E-state index in [-0.39, 0.29) is 16.8 Å². The number of nitrogens with one attached hydrogen (secondary N) is 3. The Bertz CT molecular complexity index is 1310. The van der Waals surface area contributed by atoms with E-state index >= 15 is 0 Å². The van der Waals surface area contributed by atoms with Crippen molar-refractivity contribution in [1.29, 1.82) is 0 Å². The highest BCUT2D eigenvalue weighted by Crippen LogP contribution is 2.31. The number of carbonyl (C=O) groups is 2. The van der Waals surface area contributed by atoms with Gasteiger partial charge in [-0.3, -0.25) is 25.2 Å². The van der Waals surface area contributed by atoms with Gasteiger partial charge in [-0.15, -0.1) is 0 Å². The van der Waals surface area contributed by atoms with Gasteiger partial charge in [0.1, 0.15) is 5.82 Å². The number of hydrazine groups is 1. The zero-order valence-corrected chi connectivity index (χ0v) is 17.3. The Morgan fingerprint density at radius 3 is 1.94 bits per heavy atom. The largest absolute Gasteiger partial charge is 0.416 e. The molecule has 3 rings (SSSR count). The Balaban J connectivity index is 1.73. The predicted octanol–water partition coefficient (Wildman–Crippen LogP) is 3.72. The van der Waals surface area contributed by atoms with Crippen molar-refractivity contribution in [2.45, 2.75) is 11.1 Å². The lowest BCUT2D eigenvalue weighted by atomic mass is 10.2.